The van der Waals surface area contributed by atoms with Crippen molar-refractivity contribution in [2.24, 2.45) is 23.7 Å². The first-order valence-corrected chi connectivity index (χ1v) is 9.91. The van der Waals surface area contributed by atoms with Gasteiger partial charge in [0.05, 0.1) is 7.11 Å². The predicted molar refractivity (Wildman–Crippen MR) is 101 cm³/mol. The summed E-state index contributed by atoms with van der Waals surface area (Å²) in [6, 6.07) is 0. The molecule has 0 fully saturated rings. The van der Waals surface area contributed by atoms with Crippen molar-refractivity contribution in [3.63, 3.8) is 0 Å². The van der Waals surface area contributed by atoms with Crippen LogP contribution < -0.4 is 0 Å². The van der Waals surface area contributed by atoms with Crippen LogP contribution in [0.25, 0.3) is 0 Å². The Labute approximate surface area is 145 Å². The lowest BCUT2D eigenvalue weighted by molar-refractivity contribution is -0.141. The number of methoxy groups -OCH3 is 1. The van der Waals surface area contributed by atoms with Gasteiger partial charge in [-0.05, 0) is 23.7 Å². The summed E-state index contributed by atoms with van der Waals surface area (Å²) in [4.78, 5) is 11.2. The highest BCUT2D eigenvalue weighted by Crippen LogP contribution is 2.22. The molecule has 0 saturated heterocycles. The van der Waals surface area contributed by atoms with E-state index in [1.807, 2.05) is 0 Å². The van der Waals surface area contributed by atoms with Crippen LogP contribution in [0.5, 0.6) is 0 Å². The summed E-state index contributed by atoms with van der Waals surface area (Å²) in [5.41, 5.74) is 0. The van der Waals surface area contributed by atoms with Gasteiger partial charge in [0.25, 0.3) is 0 Å². The van der Waals surface area contributed by atoms with Gasteiger partial charge in [-0.1, -0.05) is 92.4 Å². The number of esters is 1. The monoisotopic (exact) mass is 326 g/mol. The number of hydrogen-bond acceptors (Lipinski definition) is 2. The Kier molecular flexibility index (Phi) is 13.5. The van der Waals surface area contributed by atoms with Gasteiger partial charge in [-0.3, -0.25) is 4.79 Å². The first-order valence-electron chi connectivity index (χ1n) is 9.91. The number of carbonyl (C=O) groups excluding carboxylic acids is 1. The first-order chi connectivity index (χ1) is 10.8. The molecular formula is C21H42O2. The van der Waals surface area contributed by atoms with Gasteiger partial charge in [-0.2, -0.15) is 0 Å². The van der Waals surface area contributed by atoms with Crippen molar-refractivity contribution in [2.75, 3.05) is 7.11 Å². The van der Waals surface area contributed by atoms with Gasteiger partial charge >= 0.3 is 5.97 Å². The summed E-state index contributed by atoms with van der Waals surface area (Å²) in [5.74, 6) is 2.95. The van der Waals surface area contributed by atoms with Gasteiger partial charge in [0.15, 0.2) is 0 Å². The van der Waals surface area contributed by atoms with Crippen LogP contribution in [-0.2, 0) is 9.53 Å². The van der Waals surface area contributed by atoms with Gasteiger partial charge in [0, 0.05) is 6.42 Å². The maximum absolute atomic E-state index is 11.2. The average Bonchev–Trinajstić information content (AvgIpc) is 2.46. The Morgan fingerprint density at radius 1 is 0.696 bits per heavy atom. The van der Waals surface area contributed by atoms with E-state index in [-0.39, 0.29) is 5.97 Å². The fourth-order valence-electron chi connectivity index (χ4n) is 3.26. The average molecular weight is 327 g/mol. The Morgan fingerprint density at radius 2 is 1.09 bits per heavy atom. The van der Waals surface area contributed by atoms with Crippen molar-refractivity contribution in [1.29, 1.82) is 0 Å². The van der Waals surface area contributed by atoms with Crippen LogP contribution in [0.2, 0.25) is 0 Å². The third-order valence-corrected chi connectivity index (χ3v) is 5.01. The standard InChI is InChI=1S/C21H42O2/c1-17(2)10-7-11-18(3)12-8-13-19(4)14-9-15-20(5)16-21(22)23-6/h17-20H,7-16H2,1-6H3. The SMILES string of the molecule is COC(=O)CC(C)CCCC(C)CCCC(C)CCCC(C)C. The van der Waals surface area contributed by atoms with Crippen molar-refractivity contribution in [1.82, 2.24) is 0 Å². The second-order valence-corrected chi connectivity index (χ2v) is 8.28. The van der Waals surface area contributed by atoms with Crippen LogP contribution in [0.4, 0.5) is 0 Å². The van der Waals surface area contributed by atoms with Crippen LogP contribution in [-0.4, -0.2) is 13.1 Å². The summed E-state index contributed by atoms with van der Waals surface area (Å²) in [5, 5.41) is 0. The van der Waals surface area contributed by atoms with Crippen LogP contribution in [0.3, 0.4) is 0 Å². The molecule has 3 atom stereocenters. The second kappa shape index (κ2) is 13.9. The largest absolute Gasteiger partial charge is 0.469 e. The van der Waals surface area contributed by atoms with Crippen LogP contribution in [0.15, 0.2) is 0 Å². The number of ether oxygens (including phenoxy) is 1. The summed E-state index contributed by atoms with van der Waals surface area (Å²) < 4.78 is 4.73. The van der Waals surface area contributed by atoms with Crippen LogP contribution in [0.1, 0.15) is 98.8 Å². The van der Waals surface area contributed by atoms with E-state index in [1.54, 1.807) is 0 Å². The van der Waals surface area contributed by atoms with Crippen molar-refractivity contribution in [2.45, 2.75) is 98.8 Å². The maximum atomic E-state index is 11.2. The highest BCUT2D eigenvalue weighted by molar-refractivity contribution is 5.69. The molecule has 0 radical (unpaired) electrons. The molecule has 0 saturated carbocycles. The Hall–Kier alpha value is -0.530. The molecule has 0 spiro atoms. The minimum absolute atomic E-state index is 0.0722. The van der Waals surface area contributed by atoms with Crippen molar-refractivity contribution in [3.05, 3.63) is 0 Å². The van der Waals surface area contributed by atoms with Gasteiger partial charge in [-0.25, -0.2) is 0 Å². The molecule has 0 aliphatic carbocycles. The Morgan fingerprint density at radius 3 is 1.48 bits per heavy atom. The van der Waals surface area contributed by atoms with E-state index < -0.39 is 0 Å². The Balaban J connectivity index is 3.56. The number of carbonyl (C=O) groups is 1. The van der Waals surface area contributed by atoms with Gasteiger partial charge in [0.1, 0.15) is 0 Å². The molecule has 0 amide bonds. The summed E-state index contributed by atoms with van der Waals surface area (Å²) in [6.07, 6.45) is 12.6. The molecule has 23 heavy (non-hydrogen) atoms. The highest BCUT2D eigenvalue weighted by atomic mass is 16.5. The fraction of sp³-hybridized carbons (Fsp3) is 0.952. The topological polar surface area (TPSA) is 26.3 Å². The van der Waals surface area contributed by atoms with Gasteiger partial charge < -0.3 is 4.74 Å². The number of hydrogen-bond donors (Lipinski definition) is 0. The molecule has 2 heteroatoms. The van der Waals surface area contributed by atoms with Crippen LogP contribution >= 0.6 is 0 Å². The van der Waals surface area contributed by atoms with E-state index in [9.17, 15) is 4.79 Å². The van der Waals surface area contributed by atoms with Gasteiger partial charge in [0.2, 0.25) is 0 Å². The molecule has 0 N–H and O–H groups in total. The molecule has 0 aliphatic rings. The van der Waals surface area contributed by atoms with E-state index in [4.69, 9.17) is 4.74 Å². The van der Waals surface area contributed by atoms with E-state index in [0.717, 1.165) is 24.2 Å². The molecule has 3 unspecified atom stereocenters. The third kappa shape index (κ3) is 14.8. The molecule has 138 valence electrons. The van der Waals surface area contributed by atoms with Crippen LogP contribution in [0, 0.1) is 23.7 Å². The Bertz CT molecular complexity index is 286. The normalized spacial score (nSPS) is 15.4. The second-order valence-electron chi connectivity index (χ2n) is 8.28. The first kappa shape index (κ1) is 22.5. The summed E-state index contributed by atoms with van der Waals surface area (Å²) >= 11 is 0. The molecular weight excluding hydrogens is 284 g/mol. The zero-order valence-corrected chi connectivity index (χ0v) is 16.7. The lowest BCUT2D eigenvalue weighted by Crippen LogP contribution is -2.07. The zero-order valence-electron chi connectivity index (χ0n) is 16.7. The third-order valence-electron chi connectivity index (χ3n) is 5.01. The zero-order chi connectivity index (χ0) is 17.7. The molecule has 0 heterocycles. The molecule has 2 nitrogen and oxygen atoms in total. The molecule has 0 aromatic heterocycles. The smallest absolute Gasteiger partial charge is 0.305 e. The fourth-order valence-corrected chi connectivity index (χ4v) is 3.26. The molecule has 0 aromatic carbocycles. The van der Waals surface area contributed by atoms with E-state index in [2.05, 4.69) is 34.6 Å². The van der Waals surface area contributed by atoms with E-state index >= 15 is 0 Å². The highest BCUT2D eigenvalue weighted by Gasteiger charge is 2.10. The minimum atomic E-state index is -0.0722. The number of rotatable bonds is 14. The molecule has 0 rings (SSSR count). The van der Waals surface area contributed by atoms with Gasteiger partial charge in [-0.15, -0.1) is 0 Å². The lowest BCUT2D eigenvalue weighted by Gasteiger charge is -2.16. The molecule has 0 aromatic rings. The van der Waals surface area contributed by atoms with E-state index in [1.165, 1.54) is 58.5 Å². The molecule has 0 bridgehead atoms. The maximum Gasteiger partial charge on any atom is 0.305 e. The van der Waals surface area contributed by atoms with Crippen molar-refractivity contribution < 1.29 is 9.53 Å². The quantitative estimate of drug-likeness (QED) is 0.335. The lowest BCUT2D eigenvalue weighted by atomic mass is 9.91. The summed E-state index contributed by atoms with van der Waals surface area (Å²) in [7, 11) is 1.47. The van der Waals surface area contributed by atoms with E-state index in [0.29, 0.717) is 12.3 Å². The predicted octanol–water partition coefficient (Wildman–Crippen LogP) is 6.62. The molecule has 0 aliphatic heterocycles. The summed E-state index contributed by atoms with van der Waals surface area (Å²) in [6.45, 7) is 11.6. The minimum Gasteiger partial charge on any atom is -0.469 e. The van der Waals surface area contributed by atoms with Crippen molar-refractivity contribution >= 4 is 5.97 Å². The van der Waals surface area contributed by atoms with Crippen molar-refractivity contribution in [3.8, 4) is 0 Å².